The molecule has 0 amide bonds. The first kappa shape index (κ1) is 14.7. The van der Waals surface area contributed by atoms with E-state index in [9.17, 15) is 14.0 Å². The van der Waals surface area contributed by atoms with E-state index in [-0.39, 0.29) is 12.1 Å². The van der Waals surface area contributed by atoms with E-state index >= 15 is 0 Å². The molecule has 0 atom stereocenters. The number of hydrogen-bond acceptors (Lipinski definition) is 2. The lowest BCUT2D eigenvalue weighted by Crippen LogP contribution is -2.19. The van der Waals surface area contributed by atoms with Crippen LogP contribution >= 0.6 is 0 Å². The molecule has 1 N–H and O–H groups in total. The van der Waals surface area contributed by atoms with Crippen LogP contribution in [0.15, 0.2) is 47.4 Å². The van der Waals surface area contributed by atoms with E-state index in [0.717, 1.165) is 11.6 Å². The third kappa shape index (κ3) is 4.14. The van der Waals surface area contributed by atoms with Crippen LogP contribution in [0.2, 0.25) is 0 Å². The van der Waals surface area contributed by atoms with Crippen LogP contribution in [0.25, 0.3) is 6.08 Å². The molecule has 108 valence electrons. The Bertz CT molecular complexity index is 762. The van der Waals surface area contributed by atoms with E-state index in [0.29, 0.717) is 11.1 Å². The fourth-order valence-electron chi connectivity index (χ4n) is 1.96. The zero-order valence-corrected chi connectivity index (χ0v) is 11.4. The maximum absolute atomic E-state index is 13.6. The van der Waals surface area contributed by atoms with Crippen molar-refractivity contribution < 1.29 is 14.3 Å². The van der Waals surface area contributed by atoms with Gasteiger partial charge in [-0.25, -0.2) is 9.18 Å². The Kier molecular flexibility index (Phi) is 4.33. The quantitative estimate of drug-likeness (QED) is 0.879. The maximum atomic E-state index is 13.6. The van der Waals surface area contributed by atoms with Gasteiger partial charge in [0.05, 0.1) is 6.54 Å². The minimum Gasteiger partial charge on any atom is -0.478 e. The fraction of sp³-hybridized carbons (Fsp3) is 0.125. The molecule has 1 aromatic heterocycles. The molecule has 2 rings (SSSR count). The largest absolute Gasteiger partial charge is 0.478 e. The molecule has 4 nitrogen and oxygen atoms in total. The number of aliphatic carboxylic acids is 1. The van der Waals surface area contributed by atoms with Crippen LogP contribution in [-0.2, 0) is 11.3 Å². The predicted octanol–water partition coefficient (Wildman–Crippen LogP) is 2.44. The van der Waals surface area contributed by atoms with Crippen LogP contribution in [0.4, 0.5) is 4.39 Å². The molecule has 2 aromatic rings. The second-order valence-corrected chi connectivity index (χ2v) is 4.73. The molecule has 21 heavy (non-hydrogen) atoms. The third-order valence-corrected chi connectivity index (χ3v) is 2.90. The number of pyridine rings is 1. The Morgan fingerprint density at radius 3 is 2.76 bits per heavy atom. The monoisotopic (exact) mass is 287 g/mol. The lowest BCUT2D eigenvalue weighted by molar-refractivity contribution is -0.131. The minimum atomic E-state index is -1.10. The molecule has 0 aliphatic heterocycles. The lowest BCUT2D eigenvalue weighted by atomic mass is 10.1. The van der Waals surface area contributed by atoms with Crippen molar-refractivity contribution in [2.75, 3.05) is 0 Å². The van der Waals surface area contributed by atoms with Crippen LogP contribution in [0.3, 0.4) is 0 Å². The van der Waals surface area contributed by atoms with Gasteiger partial charge in [-0.2, -0.15) is 0 Å². The smallest absolute Gasteiger partial charge is 0.328 e. The number of carboxylic acid groups (broad SMARTS) is 1. The SMILES string of the molecule is Cc1ccn(Cc2cc(F)cc(C=CC(=O)O)c2)c(=O)c1. The van der Waals surface area contributed by atoms with Gasteiger partial charge in [-0.05, 0) is 54.0 Å². The standard InChI is InChI=1S/C16H14FNO3/c1-11-4-5-18(15(19)6-11)10-13-7-12(2-3-16(20)21)8-14(17)9-13/h2-9H,10H2,1H3,(H,20,21). The first-order valence-corrected chi connectivity index (χ1v) is 6.31. The van der Waals surface area contributed by atoms with Gasteiger partial charge >= 0.3 is 5.97 Å². The van der Waals surface area contributed by atoms with Gasteiger partial charge in [0.25, 0.3) is 5.56 Å². The van der Waals surface area contributed by atoms with Crippen molar-refractivity contribution in [2.45, 2.75) is 13.5 Å². The highest BCUT2D eigenvalue weighted by Crippen LogP contribution is 2.12. The van der Waals surface area contributed by atoms with Gasteiger partial charge in [0.1, 0.15) is 5.82 Å². The van der Waals surface area contributed by atoms with Crippen molar-refractivity contribution in [3.63, 3.8) is 0 Å². The number of aromatic nitrogens is 1. The average Bonchev–Trinajstić information content (AvgIpc) is 2.39. The molecule has 0 unspecified atom stereocenters. The van der Waals surface area contributed by atoms with Crippen molar-refractivity contribution in [1.29, 1.82) is 0 Å². The number of nitrogens with zero attached hydrogens (tertiary/aromatic N) is 1. The van der Waals surface area contributed by atoms with Crippen molar-refractivity contribution >= 4 is 12.0 Å². The normalized spacial score (nSPS) is 11.0. The van der Waals surface area contributed by atoms with Crippen LogP contribution in [0.5, 0.6) is 0 Å². The first-order chi connectivity index (χ1) is 9.94. The van der Waals surface area contributed by atoms with E-state index in [1.54, 1.807) is 18.3 Å². The van der Waals surface area contributed by atoms with E-state index < -0.39 is 11.8 Å². The fourth-order valence-corrected chi connectivity index (χ4v) is 1.96. The molecule has 5 heteroatoms. The van der Waals surface area contributed by atoms with Crippen LogP contribution < -0.4 is 5.56 Å². The zero-order valence-electron chi connectivity index (χ0n) is 11.4. The maximum Gasteiger partial charge on any atom is 0.328 e. The summed E-state index contributed by atoms with van der Waals surface area (Å²) in [5, 5.41) is 8.58. The summed E-state index contributed by atoms with van der Waals surface area (Å²) in [6.07, 6.45) is 3.90. The second-order valence-electron chi connectivity index (χ2n) is 4.73. The molecular weight excluding hydrogens is 273 g/mol. The summed E-state index contributed by atoms with van der Waals surface area (Å²) in [7, 11) is 0. The van der Waals surface area contributed by atoms with E-state index in [1.807, 2.05) is 6.92 Å². The Labute approximate surface area is 120 Å². The highest BCUT2D eigenvalue weighted by Gasteiger charge is 2.02. The highest BCUT2D eigenvalue weighted by atomic mass is 19.1. The zero-order chi connectivity index (χ0) is 15.4. The summed E-state index contributed by atoms with van der Waals surface area (Å²) in [6.45, 7) is 2.05. The second kappa shape index (κ2) is 6.17. The van der Waals surface area contributed by atoms with Gasteiger partial charge in [-0.3, -0.25) is 4.79 Å². The van der Waals surface area contributed by atoms with Crippen LogP contribution in [-0.4, -0.2) is 15.6 Å². The van der Waals surface area contributed by atoms with Gasteiger partial charge in [-0.15, -0.1) is 0 Å². The van der Waals surface area contributed by atoms with E-state index in [1.165, 1.54) is 28.8 Å². The number of aryl methyl sites for hydroxylation is 1. The number of benzene rings is 1. The minimum absolute atomic E-state index is 0.165. The van der Waals surface area contributed by atoms with Gasteiger partial charge < -0.3 is 9.67 Å². The van der Waals surface area contributed by atoms with Crippen LogP contribution in [0, 0.1) is 12.7 Å². The molecule has 0 bridgehead atoms. The molecule has 0 saturated heterocycles. The van der Waals surface area contributed by atoms with Crippen molar-refractivity contribution in [3.8, 4) is 0 Å². The number of rotatable bonds is 4. The summed E-state index contributed by atoms with van der Waals surface area (Å²) in [6, 6.07) is 7.51. The molecule has 0 aliphatic carbocycles. The van der Waals surface area contributed by atoms with Crippen molar-refractivity contribution in [2.24, 2.45) is 0 Å². The third-order valence-electron chi connectivity index (χ3n) is 2.90. The number of halogens is 1. The molecule has 0 fully saturated rings. The van der Waals surface area contributed by atoms with Gasteiger partial charge in [0, 0.05) is 18.3 Å². The number of carboxylic acids is 1. The van der Waals surface area contributed by atoms with E-state index in [4.69, 9.17) is 5.11 Å². The summed E-state index contributed by atoms with van der Waals surface area (Å²) < 4.78 is 15.0. The Hall–Kier alpha value is -2.69. The summed E-state index contributed by atoms with van der Waals surface area (Å²) in [4.78, 5) is 22.3. The van der Waals surface area contributed by atoms with Gasteiger partial charge in [0.15, 0.2) is 0 Å². The highest BCUT2D eigenvalue weighted by molar-refractivity contribution is 5.85. The van der Waals surface area contributed by atoms with Crippen molar-refractivity contribution in [1.82, 2.24) is 4.57 Å². The number of carbonyl (C=O) groups is 1. The Morgan fingerprint density at radius 2 is 2.10 bits per heavy atom. The van der Waals surface area contributed by atoms with Gasteiger partial charge in [-0.1, -0.05) is 0 Å². The topological polar surface area (TPSA) is 59.3 Å². The molecule has 1 aromatic carbocycles. The Morgan fingerprint density at radius 1 is 1.33 bits per heavy atom. The molecule has 0 saturated carbocycles. The molecule has 1 heterocycles. The first-order valence-electron chi connectivity index (χ1n) is 6.31. The van der Waals surface area contributed by atoms with Crippen LogP contribution in [0.1, 0.15) is 16.7 Å². The molecule has 0 aliphatic rings. The molecular formula is C16H14FNO3. The lowest BCUT2D eigenvalue weighted by Gasteiger charge is -2.07. The Balaban J connectivity index is 2.31. The summed E-state index contributed by atoms with van der Waals surface area (Å²) >= 11 is 0. The van der Waals surface area contributed by atoms with Gasteiger partial charge in [0.2, 0.25) is 0 Å². The van der Waals surface area contributed by atoms with Crippen molar-refractivity contribution in [3.05, 3.63) is 75.5 Å². The van der Waals surface area contributed by atoms with E-state index in [2.05, 4.69) is 0 Å². The molecule has 0 radical (unpaired) electrons. The predicted molar refractivity (Wildman–Crippen MR) is 77.6 cm³/mol. The summed E-state index contributed by atoms with van der Waals surface area (Å²) in [5.41, 5.74) is 1.72. The average molecular weight is 287 g/mol. The number of hydrogen-bond donors (Lipinski definition) is 1. The molecule has 0 spiro atoms. The summed E-state index contributed by atoms with van der Waals surface area (Å²) in [5.74, 6) is -1.58.